The molecule has 104 valence electrons. The van der Waals surface area contributed by atoms with Crippen LogP contribution in [-0.2, 0) is 11.3 Å². The van der Waals surface area contributed by atoms with Crippen LogP contribution < -0.4 is 14.9 Å². The van der Waals surface area contributed by atoms with Gasteiger partial charge in [0.25, 0.3) is 0 Å². The van der Waals surface area contributed by atoms with Crippen LogP contribution in [-0.4, -0.2) is 19.3 Å². The smallest absolute Gasteiger partial charge is 0.491 e. The van der Waals surface area contributed by atoms with E-state index in [1.807, 2.05) is 6.07 Å². The summed E-state index contributed by atoms with van der Waals surface area (Å²) in [5, 5.41) is 9.59. The van der Waals surface area contributed by atoms with Gasteiger partial charge in [-0.1, -0.05) is 12.1 Å². The first-order valence-electron chi connectivity index (χ1n) is 6.37. The van der Waals surface area contributed by atoms with Crippen molar-refractivity contribution in [1.29, 1.82) is 0 Å². The van der Waals surface area contributed by atoms with Gasteiger partial charge in [-0.05, 0) is 35.3 Å². The second kappa shape index (κ2) is 5.48. The fourth-order valence-corrected chi connectivity index (χ4v) is 2.21. The highest BCUT2D eigenvalue weighted by Crippen LogP contribution is 2.35. The molecular weight excluding hydrogens is 269 g/mol. The van der Waals surface area contributed by atoms with Crippen molar-refractivity contribution >= 4 is 18.3 Å². The Morgan fingerprint density at radius 2 is 2.10 bits per heavy atom. The molecule has 0 saturated heterocycles. The number of fused-ring (bicyclic) bond motifs is 1. The van der Waals surface area contributed by atoms with Gasteiger partial charge in [0.05, 0.1) is 20.3 Å². The van der Waals surface area contributed by atoms with Gasteiger partial charge in [0.1, 0.15) is 5.75 Å². The van der Waals surface area contributed by atoms with Gasteiger partial charge >= 0.3 is 7.12 Å². The van der Waals surface area contributed by atoms with E-state index in [4.69, 9.17) is 20.7 Å². The SMILES string of the molecule is [C-]#[N+]c1ccc(Oc2ccc3c(c2)COB3O)c(OC)c1. The van der Waals surface area contributed by atoms with E-state index in [2.05, 4.69) is 4.85 Å². The average Bonchev–Trinajstić information content (AvgIpc) is 2.88. The van der Waals surface area contributed by atoms with Gasteiger partial charge in [-0.2, -0.15) is 0 Å². The highest BCUT2D eigenvalue weighted by Gasteiger charge is 2.27. The normalized spacial score (nSPS) is 12.7. The van der Waals surface area contributed by atoms with Gasteiger partial charge in [-0.25, -0.2) is 4.85 Å². The zero-order valence-electron chi connectivity index (χ0n) is 11.4. The van der Waals surface area contributed by atoms with E-state index < -0.39 is 7.12 Å². The lowest BCUT2D eigenvalue weighted by Crippen LogP contribution is -2.27. The number of ether oxygens (including phenoxy) is 2. The zero-order chi connectivity index (χ0) is 14.8. The lowest BCUT2D eigenvalue weighted by Gasteiger charge is -2.11. The third-order valence-corrected chi connectivity index (χ3v) is 3.28. The zero-order valence-corrected chi connectivity index (χ0v) is 11.4. The molecule has 0 aliphatic carbocycles. The van der Waals surface area contributed by atoms with Crippen molar-refractivity contribution in [2.24, 2.45) is 0 Å². The third-order valence-electron chi connectivity index (χ3n) is 3.28. The molecule has 1 aliphatic rings. The topological polar surface area (TPSA) is 52.3 Å². The second-order valence-electron chi connectivity index (χ2n) is 4.57. The van der Waals surface area contributed by atoms with E-state index in [1.165, 1.54) is 7.11 Å². The molecule has 1 aliphatic heterocycles. The largest absolute Gasteiger partial charge is 0.494 e. The van der Waals surface area contributed by atoms with E-state index >= 15 is 0 Å². The highest BCUT2D eigenvalue weighted by molar-refractivity contribution is 6.61. The van der Waals surface area contributed by atoms with Crippen LogP contribution in [0.4, 0.5) is 5.69 Å². The maximum atomic E-state index is 9.59. The maximum absolute atomic E-state index is 9.59. The summed E-state index contributed by atoms with van der Waals surface area (Å²) in [6.07, 6.45) is 0. The quantitative estimate of drug-likeness (QED) is 0.692. The summed E-state index contributed by atoms with van der Waals surface area (Å²) >= 11 is 0. The van der Waals surface area contributed by atoms with Crippen molar-refractivity contribution in [3.05, 3.63) is 53.4 Å². The summed E-state index contributed by atoms with van der Waals surface area (Å²) in [6, 6.07) is 10.4. The molecule has 0 amide bonds. The Bertz CT molecular complexity index is 726. The van der Waals surface area contributed by atoms with E-state index in [-0.39, 0.29) is 0 Å². The molecule has 6 heteroatoms. The Labute approximate surface area is 122 Å². The predicted octanol–water partition coefficient (Wildman–Crippen LogP) is 2.26. The molecule has 21 heavy (non-hydrogen) atoms. The molecule has 5 nitrogen and oxygen atoms in total. The fraction of sp³-hybridized carbons (Fsp3) is 0.133. The number of rotatable bonds is 3. The van der Waals surface area contributed by atoms with Crippen molar-refractivity contribution in [1.82, 2.24) is 0 Å². The molecule has 0 unspecified atom stereocenters. The standard InChI is InChI=1S/C15H12BNO4/c1-17-11-3-6-14(15(8-11)19-2)21-12-4-5-13-10(7-12)9-20-16(13)18/h3-8,18H,9H2,2H3. The second-order valence-corrected chi connectivity index (χ2v) is 4.57. The Morgan fingerprint density at radius 1 is 1.24 bits per heavy atom. The molecule has 0 radical (unpaired) electrons. The summed E-state index contributed by atoms with van der Waals surface area (Å²) in [7, 11) is 0.671. The van der Waals surface area contributed by atoms with Crippen LogP contribution in [0, 0.1) is 6.57 Å². The first-order valence-corrected chi connectivity index (χ1v) is 6.37. The minimum atomic E-state index is -0.860. The van der Waals surface area contributed by atoms with Crippen molar-refractivity contribution in [2.45, 2.75) is 6.61 Å². The van der Waals surface area contributed by atoms with Gasteiger partial charge in [0.15, 0.2) is 17.2 Å². The molecule has 1 N–H and O–H groups in total. The molecular formula is C15H12BNO4. The average molecular weight is 281 g/mol. The van der Waals surface area contributed by atoms with Crippen LogP contribution in [0.2, 0.25) is 0 Å². The Kier molecular flexibility index (Phi) is 3.52. The summed E-state index contributed by atoms with van der Waals surface area (Å²) in [4.78, 5) is 3.35. The van der Waals surface area contributed by atoms with Crippen LogP contribution in [0.3, 0.4) is 0 Å². The van der Waals surface area contributed by atoms with E-state index in [0.29, 0.717) is 29.5 Å². The van der Waals surface area contributed by atoms with E-state index in [9.17, 15) is 5.02 Å². The van der Waals surface area contributed by atoms with Crippen molar-refractivity contribution in [3.8, 4) is 17.2 Å². The summed E-state index contributed by atoms with van der Waals surface area (Å²) in [6.45, 7) is 7.36. The minimum Gasteiger partial charge on any atom is -0.494 e. The summed E-state index contributed by atoms with van der Waals surface area (Å²) < 4.78 is 16.2. The Morgan fingerprint density at radius 3 is 2.86 bits per heavy atom. The molecule has 0 bridgehead atoms. The highest BCUT2D eigenvalue weighted by atomic mass is 16.5. The van der Waals surface area contributed by atoms with Crippen LogP contribution in [0.1, 0.15) is 5.56 Å². The van der Waals surface area contributed by atoms with Gasteiger partial charge in [0.2, 0.25) is 0 Å². The molecule has 0 spiro atoms. The first kappa shape index (κ1) is 13.5. The van der Waals surface area contributed by atoms with Gasteiger partial charge in [-0.3, -0.25) is 0 Å². The Balaban J connectivity index is 1.89. The number of hydrogen-bond donors (Lipinski definition) is 1. The monoisotopic (exact) mass is 281 g/mol. The van der Waals surface area contributed by atoms with Crippen molar-refractivity contribution < 1.29 is 19.2 Å². The fourth-order valence-electron chi connectivity index (χ4n) is 2.21. The molecule has 0 aromatic heterocycles. The van der Waals surface area contributed by atoms with Crippen molar-refractivity contribution in [2.75, 3.05) is 7.11 Å². The molecule has 2 aromatic rings. The van der Waals surface area contributed by atoms with Crippen LogP contribution >= 0.6 is 0 Å². The minimum absolute atomic E-state index is 0.363. The number of methoxy groups -OCH3 is 1. The van der Waals surface area contributed by atoms with Gasteiger partial charge in [-0.15, -0.1) is 0 Å². The summed E-state index contributed by atoms with van der Waals surface area (Å²) in [5.74, 6) is 1.66. The lowest BCUT2D eigenvalue weighted by atomic mass is 9.80. The molecule has 0 atom stereocenters. The van der Waals surface area contributed by atoms with Crippen molar-refractivity contribution in [3.63, 3.8) is 0 Å². The van der Waals surface area contributed by atoms with Crippen LogP contribution in [0.25, 0.3) is 4.85 Å². The van der Waals surface area contributed by atoms with Crippen LogP contribution in [0.5, 0.6) is 17.2 Å². The number of hydrogen-bond acceptors (Lipinski definition) is 4. The maximum Gasteiger partial charge on any atom is 0.491 e. The third kappa shape index (κ3) is 2.57. The van der Waals surface area contributed by atoms with E-state index in [0.717, 1.165) is 11.0 Å². The predicted molar refractivity (Wildman–Crippen MR) is 78.2 cm³/mol. The Hall–Kier alpha value is -2.49. The number of benzene rings is 2. The first-order chi connectivity index (χ1) is 10.2. The van der Waals surface area contributed by atoms with Crippen LogP contribution in [0.15, 0.2) is 36.4 Å². The molecule has 0 saturated carbocycles. The van der Waals surface area contributed by atoms with Gasteiger partial charge in [0, 0.05) is 0 Å². The summed E-state index contributed by atoms with van der Waals surface area (Å²) in [5.41, 5.74) is 2.15. The molecule has 2 aromatic carbocycles. The number of nitrogens with zero attached hydrogens (tertiary/aromatic N) is 1. The molecule has 0 fully saturated rings. The lowest BCUT2D eigenvalue weighted by molar-refractivity contribution is 0.275. The molecule has 1 heterocycles. The van der Waals surface area contributed by atoms with Gasteiger partial charge < -0.3 is 19.2 Å². The van der Waals surface area contributed by atoms with E-state index in [1.54, 1.807) is 30.3 Å². The molecule has 3 rings (SSSR count).